The van der Waals surface area contributed by atoms with Gasteiger partial charge in [0.25, 0.3) is 0 Å². The molecule has 0 heterocycles. The molecule has 3 nitrogen and oxygen atoms in total. The average molecular weight is 202 g/mol. The van der Waals surface area contributed by atoms with Gasteiger partial charge in [0.15, 0.2) is 8.32 Å². The highest BCUT2D eigenvalue weighted by atomic mass is 28.4. The molecule has 13 heavy (non-hydrogen) atoms. The van der Waals surface area contributed by atoms with Crippen LogP contribution in [-0.4, -0.2) is 25.7 Å². The van der Waals surface area contributed by atoms with Gasteiger partial charge in [-0.15, -0.1) is 0 Å². The van der Waals surface area contributed by atoms with Crippen LogP contribution in [-0.2, 0) is 9.53 Å². The van der Waals surface area contributed by atoms with Crippen LogP contribution in [0.25, 0.3) is 0 Å². The van der Waals surface area contributed by atoms with Crippen molar-refractivity contribution in [1.82, 2.24) is 0 Å². The minimum absolute atomic E-state index is 0.315. The summed E-state index contributed by atoms with van der Waals surface area (Å²) in [4.78, 5) is 20.6. The first-order chi connectivity index (χ1) is 6.08. The van der Waals surface area contributed by atoms with Crippen molar-refractivity contribution in [1.29, 1.82) is 0 Å². The summed E-state index contributed by atoms with van der Waals surface area (Å²) < 4.78 is 4.81. The van der Waals surface area contributed by atoms with E-state index in [-0.39, 0.29) is 0 Å². The third kappa shape index (κ3) is 4.85. The van der Waals surface area contributed by atoms with Crippen LogP contribution >= 0.6 is 0 Å². The van der Waals surface area contributed by atoms with Crippen LogP contribution in [0.4, 0.5) is 0 Å². The van der Waals surface area contributed by atoms with Crippen LogP contribution in [0, 0.1) is 0 Å². The molecule has 0 fully saturated rings. The van der Waals surface area contributed by atoms with Crippen LogP contribution in [0.3, 0.4) is 0 Å². The van der Waals surface area contributed by atoms with E-state index >= 15 is 0 Å². The van der Waals surface area contributed by atoms with Crippen LogP contribution in [0.1, 0.15) is 13.8 Å². The van der Waals surface area contributed by atoms with Crippen molar-refractivity contribution >= 4 is 14.3 Å². The summed E-state index contributed by atoms with van der Waals surface area (Å²) in [5, 5.41) is 0. The lowest BCUT2D eigenvalue weighted by atomic mass is 10.6. The summed E-state index contributed by atoms with van der Waals surface area (Å²) in [5.74, 6) is -0.413. The quantitative estimate of drug-likeness (QED) is 0.405. The van der Waals surface area contributed by atoms with Gasteiger partial charge in [-0.25, -0.2) is 4.79 Å². The Labute approximate surface area is 80.5 Å². The highest BCUT2D eigenvalue weighted by Crippen LogP contribution is 2.16. The first-order valence-corrected chi connectivity index (χ1v) is 7.16. The van der Waals surface area contributed by atoms with Crippen LogP contribution in [0.2, 0.25) is 18.1 Å². The first-order valence-electron chi connectivity index (χ1n) is 4.59. The molecule has 0 aliphatic heterocycles. The number of carbonyl (C=O) groups is 1. The Morgan fingerprint density at radius 1 is 1.54 bits per heavy atom. The summed E-state index contributed by atoms with van der Waals surface area (Å²) in [5.41, 5.74) is 0. The van der Waals surface area contributed by atoms with Gasteiger partial charge >= 0.3 is 5.97 Å². The lowest BCUT2D eigenvalue weighted by Crippen LogP contribution is -2.33. The minimum Gasteiger partial charge on any atom is -0.463 e. The third-order valence-corrected chi connectivity index (χ3v) is 6.06. The Morgan fingerprint density at radius 2 is 2.08 bits per heavy atom. The van der Waals surface area contributed by atoms with E-state index in [1.165, 1.54) is 0 Å². The number of carbonyl (C=O) groups excluding carboxylic acids is 1. The molecular weight excluding hydrogens is 184 g/mol. The molecule has 0 aromatic carbocycles. The lowest BCUT2D eigenvalue weighted by Gasteiger charge is -2.20. The first kappa shape index (κ1) is 12.4. The van der Waals surface area contributed by atoms with Gasteiger partial charge in [0, 0.05) is 12.1 Å². The fourth-order valence-electron chi connectivity index (χ4n) is 1.00. The molecule has 0 aromatic heterocycles. The number of rotatable bonds is 6. The summed E-state index contributed by atoms with van der Waals surface area (Å²) >= 11 is 0. The van der Waals surface area contributed by atoms with Crippen LogP contribution in [0.15, 0.2) is 12.7 Å². The highest BCUT2D eigenvalue weighted by molar-refractivity contribution is 6.72. The molecule has 76 valence electrons. The Hall–Kier alpha value is -0.613. The molecule has 0 bridgehead atoms. The molecule has 0 amide bonds. The molecule has 0 spiro atoms. The van der Waals surface area contributed by atoms with Crippen LogP contribution < -0.4 is 0 Å². The molecule has 0 aromatic rings. The summed E-state index contributed by atoms with van der Waals surface area (Å²) in [6.07, 6.45) is 1.14. The van der Waals surface area contributed by atoms with Crippen molar-refractivity contribution in [2.45, 2.75) is 32.0 Å². The van der Waals surface area contributed by atoms with Crippen molar-refractivity contribution < 1.29 is 14.3 Å². The van der Waals surface area contributed by atoms with Gasteiger partial charge in [-0.2, -0.15) is 0 Å². The van der Waals surface area contributed by atoms with E-state index in [0.29, 0.717) is 12.7 Å². The van der Waals surface area contributed by atoms with Gasteiger partial charge in [-0.05, 0) is 12.1 Å². The van der Waals surface area contributed by atoms with Gasteiger partial charge in [0.1, 0.15) is 0 Å². The molecule has 0 saturated carbocycles. The van der Waals surface area contributed by atoms with Gasteiger partial charge < -0.3 is 9.53 Å². The number of ether oxygens (including phenoxy) is 1. The SMILES string of the molecule is C=CC(=O)OCC[Si](O)(CC)CC. The van der Waals surface area contributed by atoms with Gasteiger partial charge in [0.2, 0.25) is 0 Å². The molecule has 0 atom stereocenters. The highest BCUT2D eigenvalue weighted by Gasteiger charge is 2.26. The molecule has 4 heteroatoms. The maximum atomic E-state index is 10.7. The zero-order valence-electron chi connectivity index (χ0n) is 8.38. The van der Waals surface area contributed by atoms with E-state index in [1.54, 1.807) is 0 Å². The van der Waals surface area contributed by atoms with Gasteiger partial charge in [-0.3, -0.25) is 0 Å². The van der Waals surface area contributed by atoms with E-state index in [0.717, 1.165) is 18.2 Å². The molecule has 0 aliphatic carbocycles. The molecule has 0 saturated heterocycles. The largest absolute Gasteiger partial charge is 0.463 e. The lowest BCUT2D eigenvalue weighted by molar-refractivity contribution is -0.137. The van der Waals surface area contributed by atoms with Crippen molar-refractivity contribution in [3.8, 4) is 0 Å². The zero-order chi connectivity index (χ0) is 10.3. The summed E-state index contributed by atoms with van der Waals surface area (Å²) in [6.45, 7) is 7.56. The standard InChI is InChI=1S/C9H18O3Si/c1-4-9(10)12-7-8-13(11,5-2)6-3/h4,11H,1,5-8H2,2-3H3. The Bertz CT molecular complexity index is 176. The molecule has 1 N–H and O–H groups in total. The Morgan fingerprint density at radius 3 is 2.46 bits per heavy atom. The normalized spacial score (nSPS) is 11.0. The Kier molecular flexibility index (Phi) is 5.66. The molecular formula is C9H18O3Si. The van der Waals surface area contributed by atoms with Crippen molar-refractivity contribution in [2.24, 2.45) is 0 Å². The Balaban J connectivity index is 3.73. The molecule has 0 aliphatic rings. The van der Waals surface area contributed by atoms with Crippen molar-refractivity contribution in [3.05, 3.63) is 12.7 Å². The van der Waals surface area contributed by atoms with Crippen molar-refractivity contribution in [2.75, 3.05) is 6.61 Å². The second kappa shape index (κ2) is 5.94. The second-order valence-corrected chi connectivity index (χ2v) is 7.42. The van der Waals surface area contributed by atoms with Gasteiger partial charge in [0.05, 0.1) is 6.61 Å². The predicted molar refractivity (Wildman–Crippen MR) is 54.9 cm³/mol. The van der Waals surface area contributed by atoms with E-state index in [4.69, 9.17) is 4.74 Å². The molecule has 0 unspecified atom stereocenters. The van der Waals surface area contributed by atoms with Gasteiger partial charge in [-0.1, -0.05) is 20.4 Å². The monoisotopic (exact) mass is 202 g/mol. The topological polar surface area (TPSA) is 46.5 Å². The molecule has 0 radical (unpaired) electrons. The van der Waals surface area contributed by atoms with Crippen LogP contribution in [0.5, 0.6) is 0 Å². The number of hydrogen-bond donors (Lipinski definition) is 1. The second-order valence-electron chi connectivity index (χ2n) is 3.05. The van der Waals surface area contributed by atoms with E-state index < -0.39 is 14.3 Å². The average Bonchev–Trinajstić information content (AvgIpc) is 2.17. The summed E-state index contributed by atoms with van der Waals surface area (Å²) in [7, 11) is -2.09. The molecule has 0 rings (SSSR count). The number of hydrogen-bond acceptors (Lipinski definition) is 3. The fraction of sp³-hybridized carbons (Fsp3) is 0.667. The van der Waals surface area contributed by atoms with E-state index in [2.05, 4.69) is 6.58 Å². The smallest absolute Gasteiger partial charge is 0.330 e. The number of esters is 1. The van der Waals surface area contributed by atoms with Crippen molar-refractivity contribution in [3.63, 3.8) is 0 Å². The minimum atomic E-state index is -2.09. The fourth-order valence-corrected chi connectivity index (χ4v) is 2.69. The summed E-state index contributed by atoms with van der Waals surface area (Å²) in [6, 6.07) is 2.25. The maximum absolute atomic E-state index is 10.7. The predicted octanol–water partition coefficient (Wildman–Crippen LogP) is 1.69. The van der Waals surface area contributed by atoms with E-state index in [9.17, 15) is 9.59 Å². The maximum Gasteiger partial charge on any atom is 0.330 e. The van der Waals surface area contributed by atoms with E-state index in [1.807, 2.05) is 13.8 Å². The zero-order valence-corrected chi connectivity index (χ0v) is 9.38. The third-order valence-electron chi connectivity index (χ3n) is 2.29.